The summed E-state index contributed by atoms with van der Waals surface area (Å²) >= 11 is 12.3. The van der Waals surface area contributed by atoms with Gasteiger partial charge in [-0.2, -0.15) is 0 Å². The summed E-state index contributed by atoms with van der Waals surface area (Å²) in [6.07, 6.45) is 0. The zero-order valence-corrected chi connectivity index (χ0v) is 14.1. The highest BCUT2D eigenvalue weighted by Gasteiger charge is 2.19. The van der Waals surface area contributed by atoms with Gasteiger partial charge in [0.25, 0.3) is 0 Å². The topological polar surface area (TPSA) is 23.6 Å². The zero-order chi connectivity index (χ0) is 15.3. The van der Waals surface area contributed by atoms with Gasteiger partial charge in [0.15, 0.2) is 0 Å². The first-order chi connectivity index (χ1) is 9.49. The lowest BCUT2D eigenvalue weighted by Crippen LogP contribution is -2.48. The highest BCUT2D eigenvalue weighted by atomic mass is 35.5. The highest BCUT2D eigenvalue weighted by Crippen LogP contribution is 2.30. The van der Waals surface area contributed by atoms with Crippen molar-refractivity contribution >= 4 is 34.8 Å². The molecule has 3 nitrogen and oxygen atoms in total. The van der Waals surface area contributed by atoms with Crippen LogP contribution in [0.2, 0.25) is 10.0 Å². The van der Waals surface area contributed by atoms with Crippen LogP contribution in [-0.2, 0) is 4.79 Å². The summed E-state index contributed by atoms with van der Waals surface area (Å²) in [5, 5.41) is 1.37. The molecule has 1 heterocycles. The third kappa shape index (κ3) is 4.03. The molecule has 0 atom stereocenters. The molecule has 112 valence electrons. The molecule has 1 fully saturated rings. The number of hydrogen-bond acceptors (Lipinski definition) is 2. The zero-order valence-electron chi connectivity index (χ0n) is 12.5. The fourth-order valence-corrected chi connectivity index (χ4v) is 2.57. The highest BCUT2D eigenvalue weighted by molar-refractivity contribution is 6.36. The minimum Gasteiger partial charge on any atom is -0.368 e. The average molecular weight is 317 g/mol. The first-order valence-corrected chi connectivity index (χ1v) is 7.70. The van der Waals surface area contributed by atoms with Crippen LogP contribution in [0.25, 0.3) is 0 Å². The predicted molar refractivity (Wildman–Crippen MR) is 87.0 cm³/mol. The quantitative estimate of drug-likeness (QED) is 0.782. The van der Waals surface area contributed by atoms with Gasteiger partial charge in [-0.3, -0.25) is 4.79 Å². The molecule has 1 aromatic carbocycles. The Morgan fingerprint density at radius 3 is 1.90 bits per heavy atom. The van der Waals surface area contributed by atoms with Crippen LogP contribution >= 0.6 is 23.2 Å². The summed E-state index contributed by atoms with van der Waals surface area (Å²) in [7, 11) is 0. The Labute approximate surface area is 131 Å². The number of carbonyl (C=O) groups is 1. The Kier molecular flexibility index (Phi) is 6.63. The molecule has 1 aliphatic heterocycles. The maximum atomic E-state index is 11.3. The number of nitrogens with zero attached hydrogens (tertiary/aromatic N) is 2. The fraction of sp³-hybridized carbons (Fsp3) is 0.533. The van der Waals surface area contributed by atoms with Crippen LogP contribution in [0.1, 0.15) is 26.3 Å². The van der Waals surface area contributed by atoms with Crippen LogP contribution in [0.4, 0.5) is 5.69 Å². The molecule has 0 saturated carbocycles. The average Bonchev–Trinajstić information content (AvgIpc) is 2.46. The van der Waals surface area contributed by atoms with Crippen molar-refractivity contribution in [2.45, 2.75) is 27.7 Å². The Morgan fingerprint density at radius 2 is 1.50 bits per heavy atom. The van der Waals surface area contributed by atoms with Gasteiger partial charge in [-0.1, -0.05) is 37.0 Å². The molecule has 5 heteroatoms. The molecule has 20 heavy (non-hydrogen) atoms. The standard InChI is InChI=1S/C13H16Cl2N2O.C2H6/c1-9-12(14)7-11(8-13(9)15)17-5-3-16(4-6-17)10(2)18;1-2/h7-8H,3-6H2,1-2H3;1-2H3. The van der Waals surface area contributed by atoms with E-state index in [2.05, 4.69) is 4.90 Å². The van der Waals surface area contributed by atoms with Gasteiger partial charge in [-0.25, -0.2) is 0 Å². The van der Waals surface area contributed by atoms with E-state index in [1.54, 1.807) is 6.92 Å². The van der Waals surface area contributed by atoms with Crippen LogP contribution in [0.3, 0.4) is 0 Å². The molecule has 0 N–H and O–H groups in total. The number of amides is 1. The summed E-state index contributed by atoms with van der Waals surface area (Å²) in [5.74, 6) is 0.134. The second-order valence-corrected chi connectivity index (χ2v) is 5.34. The summed E-state index contributed by atoms with van der Waals surface area (Å²) in [4.78, 5) is 15.3. The van der Waals surface area contributed by atoms with Gasteiger partial charge >= 0.3 is 0 Å². The van der Waals surface area contributed by atoms with Crippen molar-refractivity contribution in [1.29, 1.82) is 0 Å². The van der Waals surface area contributed by atoms with E-state index in [-0.39, 0.29) is 5.91 Å². The Hall–Kier alpha value is -0.930. The van der Waals surface area contributed by atoms with Crippen LogP contribution in [0, 0.1) is 6.92 Å². The Balaban J connectivity index is 0.000000956. The summed E-state index contributed by atoms with van der Waals surface area (Å²) < 4.78 is 0. The van der Waals surface area contributed by atoms with Gasteiger partial charge in [0, 0.05) is 48.8 Å². The van der Waals surface area contributed by atoms with Crippen molar-refractivity contribution in [3.63, 3.8) is 0 Å². The van der Waals surface area contributed by atoms with Crippen LogP contribution in [0.15, 0.2) is 12.1 Å². The Bertz CT molecular complexity index is 446. The van der Waals surface area contributed by atoms with Crippen molar-refractivity contribution in [1.82, 2.24) is 4.90 Å². The minimum absolute atomic E-state index is 0.134. The summed E-state index contributed by atoms with van der Waals surface area (Å²) in [6.45, 7) is 10.6. The maximum absolute atomic E-state index is 11.3. The number of rotatable bonds is 1. The first-order valence-electron chi connectivity index (χ1n) is 6.95. The van der Waals surface area contributed by atoms with Crippen molar-refractivity contribution < 1.29 is 4.79 Å². The molecule has 1 aliphatic rings. The van der Waals surface area contributed by atoms with Gasteiger partial charge in [-0.05, 0) is 24.6 Å². The van der Waals surface area contributed by atoms with Crippen molar-refractivity contribution in [3.05, 3.63) is 27.7 Å². The first kappa shape index (κ1) is 17.1. The molecule has 0 aromatic heterocycles. The van der Waals surface area contributed by atoms with Gasteiger partial charge in [0.1, 0.15) is 0 Å². The molecule has 0 unspecified atom stereocenters. The van der Waals surface area contributed by atoms with E-state index >= 15 is 0 Å². The lowest BCUT2D eigenvalue weighted by molar-refractivity contribution is -0.129. The molecule has 0 bridgehead atoms. The van der Waals surface area contributed by atoms with Crippen LogP contribution in [-0.4, -0.2) is 37.0 Å². The molecule has 2 rings (SSSR count). The fourth-order valence-electron chi connectivity index (χ4n) is 2.09. The SMILES string of the molecule is CC.CC(=O)N1CCN(c2cc(Cl)c(C)c(Cl)c2)CC1. The van der Waals surface area contributed by atoms with E-state index in [4.69, 9.17) is 23.2 Å². The predicted octanol–water partition coefficient (Wildman–Crippen LogP) is 4.00. The number of anilines is 1. The van der Waals surface area contributed by atoms with E-state index in [1.165, 1.54) is 0 Å². The van der Waals surface area contributed by atoms with Gasteiger partial charge in [0.2, 0.25) is 5.91 Å². The van der Waals surface area contributed by atoms with E-state index in [0.29, 0.717) is 10.0 Å². The smallest absolute Gasteiger partial charge is 0.219 e. The van der Waals surface area contributed by atoms with Crippen LogP contribution in [0.5, 0.6) is 0 Å². The van der Waals surface area contributed by atoms with Crippen molar-refractivity contribution in [2.75, 3.05) is 31.1 Å². The third-order valence-electron chi connectivity index (χ3n) is 3.36. The Morgan fingerprint density at radius 1 is 1.05 bits per heavy atom. The second-order valence-electron chi connectivity index (χ2n) is 4.53. The largest absolute Gasteiger partial charge is 0.368 e. The molecule has 0 aliphatic carbocycles. The van der Waals surface area contributed by atoms with Crippen LogP contribution < -0.4 is 4.90 Å². The van der Waals surface area contributed by atoms with Crippen molar-refractivity contribution in [2.24, 2.45) is 0 Å². The monoisotopic (exact) mass is 316 g/mol. The maximum Gasteiger partial charge on any atom is 0.219 e. The number of benzene rings is 1. The van der Waals surface area contributed by atoms with Gasteiger partial charge in [-0.15, -0.1) is 0 Å². The number of piperazine rings is 1. The van der Waals surface area contributed by atoms with E-state index in [1.807, 2.05) is 37.8 Å². The second kappa shape index (κ2) is 7.75. The van der Waals surface area contributed by atoms with Crippen molar-refractivity contribution in [3.8, 4) is 0 Å². The molecule has 0 spiro atoms. The number of hydrogen-bond donors (Lipinski definition) is 0. The van der Waals surface area contributed by atoms with E-state index in [0.717, 1.165) is 37.4 Å². The lowest BCUT2D eigenvalue weighted by Gasteiger charge is -2.35. The van der Waals surface area contributed by atoms with Gasteiger partial charge in [0.05, 0.1) is 0 Å². The molecule has 1 saturated heterocycles. The molecule has 0 radical (unpaired) electrons. The molecule has 1 aromatic rings. The molecule has 1 amide bonds. The third-order valence-corrected chi connectivity index (χ3v) is 4.14. The van der Waals surface area contributed by atoms with E-state index < -0.39 is 0 Å². The number of carbonyl (C=O) groups excluding carboxylic acids is 1. The molecular weight excluding hydrogens is 295 g/mol. The molecular formula is C15H22Cl2N2O. The summed E-state index contributed by atoms with van der Waals surface area (Å²) in [5.41, 5.74) is 1.93. The summed E-state index contributed by atoms with van der Waals surface area (Å²) in [6, 6.07) is 3.87. The lowest BCUT2D eigenvalue weighted by atomic mass is 10.2. The number of halogens is 2. The van der Waals surface area contributed by atoms with Gasteiger partial charge < -0.3 is 9.80 Å². The minimum atomic E-state index is 0.134. The van der Waals surface area contributed by atoms with E-state index in [9.17, 15) is 4.79 Å². The normalized spacial score (nSPS) is 14.7.